The van der Waals surface area contributed by atoms with E-state index in [0.717, 1.165) is 32.0 Å². The second kappa shape index (κ2) is 8.05. The average molecular weight is 533 g/mol. The number of thiocarbonyl (C=S) groups is 1. The van der Waals surface area contributed by atoms with E-state index in [1.54, 1.807) is 9.80 Å². The van der Waals surface area contributed by atoms with Crippen LogP contribution in [0.25, 0.3) is 17.0 Å². The van der Waals surface area contributed by atoms with Gasteiger partial charge in [0.2, 0.25) is 0 Å². The predicted octanol–water partition coefficient (Wildman–Crippen LogP) is 5.63. The van der Waals surface area contributed by atoms with Crippen LogP contribution in [-0.4, -0.2) is 39.0 Å². The van der Waals surface area contributed by atoms with E-state index in [9.17, 15) is 4.79 Å². The third-order valence-corrected chi connectivity index (χ3v) is 6.61. The molecule has 1 amide bonds. The van der Waals surface area contributed by atoms with Crippen molar-refractivity contribution in [1.82, 2.24) is 14.4 Å². The van der Waals surface area contributed by atoms with Crippen molar-refractivity contribution < 1.29 is 4.79 Å². The highest BCUT2D eigenvalue weighted by atomic mass is 79.9. The molecule has 4 nitrogen and oxygen atoms in total. The Morgan fingerprint density at radius 3 is 2.41 bits per heavy atom. The van der Waals surface area contributed by atoms with Crippen molar-refractivity contribution in [2.24, 2.45) is 0 Å². The molecule has 4 rings (SSSR count). The van der Waals surface area contributed by atoms with Gasteiger partial charge >= 0.3 is 0 Å². The van der Waals surface area contributed by atoms with Crippen LogP contribution >= 0.6 is 44.1 Å². The Morgan fingerprint density at radius 1 is 1.07 bits per heavy atom. The van der Waals surface area contributed by atoms with Crippen LogP contribution in [-0.2, 0) is 11.3 Å². The summed E-state index contributed by atoms with van der Waals surface area (Å²) in [5, 5.41) is 1.63. The molecule has 1 aliphatic heterocycles. The first kappa shape index (κ1) is 20.3. The van der Waals surface area contributed by atoms with Crippen LogP contribution in [0.15, 0.2) is 63.3 Å². The molecule has 0 saturated carbocycles. The minimum absolute atomic E-state index is 0.0520. The number of nitrogens with zero attached hydrogens (tertiary/aromatic N) is 3. The van der Waals surface area contributed by atoms with Crippen molar-refractivity contribution in [3.8, 4) is 0 Å². The number of hydrogen-bond donors (Lipinski definition) is 0. The number of amides is 1. The van der Waals surface area contributed by atoms with E-state index in [4.69, 9.17) is 12.2 Å². The summed E-state index contributed by atoms with van der Waals surface area (Å²) in [5.74, 6) is -0.0520. The largest absolute Gasteiger partial charge is 0.342 e. The maximum atomic E-state index is 12.8. The normalized spacial score (nSPS) is 15.9. The van der Waals surface area contributed by atoms with Crippen molar-refractivity contribution in [3.05, 3.63) is 74.4 Å². The number of aromatic nitrogens is 1. The average Bonchev–Trinajstić information content (AvgIpc) is 3.13. The van der Waals surface area contributed by atoms with E-state index in [0.29, 0.717) is 17.4 Å². The summed E-state index contributed by atoms with van der Waals surface area (Å²) in [5.41, 5.74) is 3.92. The fraction of sp³-hybridized carbons (Fsp3) is 0.182. The van der Waals surface area contributed by atoms with Crippen molar-refractivity contribution in [3.63, 3.8) is 0 Å². The Kier molecular flexibility index (Phi) is 5.64. The predicted molar refractivity (Wildman–Crippen MR) is 129 cm³/mol. The Hall–Kier alpha value is -1.96. The molecule has 0 aliphatic carbocycles. The number of likely N-dealkylation sites (N-methyl/N-ethyl adjacent to an activating group) is 2. The van der Waals surface area contributed by atoms with Gasteiger partial charge in [-0.15, -0.1) is 0 Å². The van der Waals surface area contributed by atoms with Crippen molar-refractivity contribution in [1.29, 1.82) is 0 Å². The highest BCUT2D eigenvalue weighted by Crippen LogP contribution is 2.30. The van der Waals surface area contributed by atoms with E-state index < -0.39 is 0 Å². The number of halogens is 2. The molecule has 0 spiro atoms. The smallest absolute Gasteiger partial charge is 0.276 e. The van der Waals surface area contributed by atoms with Crippen molar-refractivity contribution >= 4 is 72.1 Å². The maximum absolute atomic E-state index is 12.8. The number of rotatable bonds is 4. The van der Waals surface area contributed by atoms with Gasteiger partial charge in [0.1, 0.15) is 5.70 Å². The molecular formula is C22H19Br2N3OS. The van der Waals surface area contributed by atoms with Gasteiger partial charge in [0.25, 0.3) is 5.91 Å². The van der Waals surface area contributed by atoms with E-state index in [1.165, 1.54) is 5.56 Å². The molecule has 2 aromatic carbocycles. The zero-order chi connectivity index (χ0) is 20.7. The fourth-order valence-electron chi connectivity index (χ4n) is 3.57. The quantitative estimate of drug-likeness (QED) is 0.322. The zero-order valence-corrected chi connectivity index (χ0v) is 20.0. The molecule has 1 aromatic heterocycles. The number of carbonyl (C=O) groups excluding carboxylic acids is 1. The minimum atomic E-state index is -0.0520. The van der Waals surface area contributed by atoms with Gasteiger partial charge in [0.05, 0.1) is 0 Å². The van der Waals surface area contributed by atoms with Gasteiger partial charge in [-0.25, -0.2) is 0 Å². The number of fused-ring (bicyclic) bond motifs is 1. The number of benzene rings is 2. The molecule has 1 fully saturated rings. The summed E-state index contributed by atoms with van der Waals surface area (Å²) >= 11 is 12.5. The van der Waals surface area contributed by atoms with Gasteiger partial charge < -0.3 is 9.47 Å². The number of hydrogen-bond acceptors (Lipinski definition) is 2. The molecule has 2 heterocycles. The molecule has 1 saturated heterocycles. The molecule has 0 N–H and O–H groups in total. The lowest BCUT2D eigenvalue weighted by atomic mass is 10.1. The lowest BCUT2D eigenvalue weighted by molar-refractivity contribution is -0.122. The maximum Gasteiger partial charge on any atom is 0.276 e. The van der Waals surface area contributed by atoms with Crippen LogP contribution in [0.4, 0.5) is 0 Å². The molecule has 0 radical (unpaired) electrons. The van der Waals surface area contributed by atoms with Crippen LogP contribution < -0.4 is 0 Å². The summed E-state index contributed by atoms with van der Waals surface area (Å²) in [6, 6.07) is 14.5. The molecule has 29 heavy (non-hydrogen) atoms. The molecule has 0 bridgehead atoms. The van der Waals surface area contributed by atoms with Crippen LogP contribution in [0.1, 0.15) is 18.1 Å². The van der Waals surface area contributed by atoms with Gasteiger partial charge in [-0.2, -0.15) is 0 Å². The van der Waals surface area contributed by atoms with Gasteiger partial charge in [0.15, 0.2) is 5.11 Å². The Bertz CT molecular complexity index is 1150. The highest BCUT2D eigenvalue weighted by molar-refractivity contribution is 9.10. The van der Waals surface area contributed by atoms with Gasteiger partial charge in [0, 0.05) is 51.7 Å². The molecule has 148 valence electrons. The first-order chi connectivity index (χ1) is 13.9. The summed E-state index contributed by atoms with van der Waals surface area (Å²) in [6.07, 6.45) is 4.04. The SMILES string of the molecule is CCN1C(=O)/C(=C/c2cn(Cc3ccc(Br)cc3)c3ccc(Br)cc23)N(C)C1=S. The lowest BCUT2D eigenvalue weighted by Gasteiger charge is -2.13. The topological polar surface area (TPSA) is 28.5 Å². The number of carbonyl (C=O) groups is 1. The highest BCUT2D eigenvalue weighted by Gasteiger charge is 2.34. The summed E-state index contributed by atoms with van der Waals surface area (Å²) < 4.78 is 4.28. The Morgan fingerprint density at radius 2 is 1.76 bits per heavy atom. The van der Waals surface area contributed by atoms with Gasteiger partial charge in [-0.1, -0.05) is 44.0 Å². The van der Waals surface area contributed by atoms with E-state index in [2.05, 4.69) is 66.9 Å². The van der Waals surface area contributed by atoms with Gasteiger partial charge in [-0.3, -0.25) is 9.69 Å². The zero-order valence-electron chi connectivity index (χ0n) is 16.0. The second-order valence-corrected chi connectivity index (χ2v) is 9.12. The first-order valence-electron chi connectivity index (χ1n) is 9.23. The monoisotopic (exact) mass is 531 g/mol. The first-order valence-corrected chi connectivity index (χ1v) is 11.2. The standard InChI is InChI=1S/C22H19Br2N3OS/c1-3-27-21(28)20(25(2)22(27)29)10-15-13-26(12-14-4-6-16(23)7-5-14)19-9-8-17(24)11-18(15)19/h4-11,13H,3,12H2,1-2H3/b20-10-. The van der Waals surface area contributed by atoms with Crippen molar-refractivity contribution in [2.75, 3.05) is 13.6 Å². The lowest BCUT2D eigenvalue weighted by Crippen LogP contribution is -2.30. The van der Waals surface area contributed by atoms with Crippen LogP contribution in [0.5, 0.6) is 0 Å². The molecule has 0 unspecified atom stereocenters. The summed E-state index contributed by atoms with van der Waals surface area (Å²) in [7, 11) is 1.85. The summed E-state index contributed by atoms with van der Waals surface area (Å²) in [4.78, 5) is 16.2. The molecule has 3 aromatic rings. The molecular weight excluding hydrogens is 514 g/mol. The van der Waals surface area contributed by atoms with Crippen molar-refractivity contribution in [2.45, 2.75) is 13.5 Å². The summed E-state index contributed by atoms with van der Waals surface area (Å²) in [6.45, 7) is 3.25. The van der Waals surface area contributed by atoms with Gasteiger partial charge in [-0.05, 0) is 61.1 Å². The molecule has 1 aliphatic rings. The third kappa shape index (κ3) is 3.79. The minimum Gasteiger partial charge on any atom is -0.342 e. The Labute approximate surface area is 192 Å². The Balaban J connectivity index is 1.81. The van der Waals surface area contributed by atoms with E-state index in [-0.39, 0.29) is 5.91 Å². The fourth-order valence-corrected chi connectivity index (χ4v) is 4.50. The third-order valence-electron chi connectivity index (χ3n) is 5.09. The van der Waals surface area contributed by atoms with E-state index >= 15 is 0 Å². The van der Waals surface area contributed by atoms with Crippen LogP contribution in [0.3, 0.4) is 0 Å². The molecule has 7 heteroatoms. The van der Waals surface area contributed by atoms with E-state index in [1.807, 2.05) is 38.2 Å². The van der Waals surface area contributed by atoms with Crippen LogP contribution in [0.2, 0.25) is 0 Å². The molecule has 0 atom stereocenters. The van der Waals surface area contributed by atoms with Crippen LogP contribution in [0, 0.1) is 0 Å². The second-order valence-electron chi connectivity index (χ2n) is 6.92.